The number of hydrogen-bond donors (Lipinski definition) is 0. The fourth-order valence-corrected chi connectivity index (χ4v) is 2.30. The molecule has 0 spiro atoms. The highest BCUT2D eigenvalue weighted by Gasteiger charge is 2.14. The van der Waals surface area contributed by atoms with Gasteiger partial charge in [0.15, 0.2) is 23.2 Å². The molecule has 8 heteroatoms. The van der Waals surface area contributed by atoms with Crippen LogP contribution in [0.25, 0.3) is 0 Å². The molecule has 0 saturated carbocycles. The van der Waals surface area contributed by atoms with E-state index in [1.165, 1.54) is 6.07 Å². The van der Waals surface area contributed by atoms with Crippen molar-refractivity contribution < 1.29 is 26.3 Å². The molecular weight excluding hydrogens is 329 g/mol. The van der Waals surface area contributed by atoms with Crippen LogP contribution in [-0.2, 0) is 15.7 Å². The van der Waals surface area contributed by atoms with E-state index in [9.17, 15) is 21.6 Å². The topological polar surface area (TPSA) is 43.4 Å². The molecule has 112 valence electrons. The first-order valence-corrected chi connectivity index (χ1v) is 7.89. The van der Waals surface area contributed by atoms with Gasteiger partial charge in [0.2, 0.25) is 0 Å². The third kappa shape index (κ3) is 3.89. The van der Waals surface area contributed by atoms with Gasteiger partial charge in [0.05, 0.1) is 4.90 Å². The number of hydrogen-bond acceptors (Lipinski definition) is 3. The van der Waals surface area contributed by atoms with Crippen molar-refractivity contribution in [3.63, 3.8) is 0 Å². The minimum absolute atomic E-state index is 0.207. The smallest absolute Gasteiger partial charge is 0.261 e. The average molecular weight is 337 g/mol. The molecule has 21 heavy (non-hydrogen) atoms. The van der Waals surface area contributed by atoms with E-state index in [2.05, 4.69) is 0 Å². The van der Waals surface area contributed by atoms with Crippen molar-refractivity contribution in [3.05, 3.63) is 59.4 Å². The maximum absolute atomic E-state index is 13.6. The monoisotopic (exact) mass is 336 g/mol. The van der Waals surface area contributed by atoms with E-state index in [4.69, 9.17) is 15.4 Å². The van der Waals surface area contributed by atoms with E-state index in [0.717, 1.165) is 24.3 Å². The van der Waals surface area contributed by atoms with Crippen LogP contribution < -0.4 is 4.74 Å². The summed E-state index contributed by atoms with van der Waals surface area (Å²) in [5, 5.41) is 0. The standard InChI is InChI=1S/C13H8ClF3O3S/c14-21(18,19)9-2-4-13(12(17)6-9)20-7-8-1-3-10(15)11(16)5-8/h1-6H,7H2. The molecule has 0 aliphatic carbocycles. The van der Waals surface area contributed by atoms with Crippen molar-refractivity contribution in [2.24, 2.45) is 0 Å². The molecule has 2 aromatic carbocycles. The second-order valence-electron chi connectivity index (χ2n) is 4.07. The van der Waals surface area contributed by atoms with E-state index < -0.39 is 31.4 Å². The van der Waals surface area contributed by atoms with Crippen molar-refractivity contribution >= 4 is 19.7 Å². The second-order valence-corrected chi connectivity index (χ2v) is 6.63. The molecular formula is C13H8ClF3O3S. The lowest BCUT2D eigenvalue weighted by molar-refractivity contribution is 0.289. The molecule has 0 N–H and O–H groups in total. The Bertz CT molecular complexity index is 778. The molecule has 0 amide bonds. The molecule has 0 fully saturated rings. The zero-order chi connectivity index (χ0) is 15.6. The SMILES string of the molecule is O=S(=O)(Cl)c1ccc(OCc2ccc(F)c(F)c2)c(F)c1. The van der Waals surface area contributed by atoms with Gasteiger partial charge in [0.1, 0.15) is 6.61 Å². The van der Waals surface area contributed by atoms with Gasteiger partial charge in [-0.2, -0.15) is 0 Å². The molecule has 2 rings (SSSR count). The molecule has 0 aliphatic rings. The van der Waals surface area contributed by atoms with Gasteiger partial charge in [0.25, 0.3) is 9.05 Å². The zero-order valence-electron chi connectivity index (χ0n) is 10.3. The van der Waals surface area contributed by atoms with Crippen LogP contribution in [0.2, 0.25) is 0 Å². The van der Waals surface area contributed by atoms with Crippen LogP contribution in [0.1, 0.15) is 5.56 Å². The maximum Gasteiger partial charge on any atom is 0.261 e. The van der Waals surface area contributed by atoms with E-state index >= 15 is 0 Å². The number of rotatable bonds is 4. The first kappa shape index (κ1) is 15.7. The minimum atomic E-state index is -4.03. The Morgan fingerprint density at radius 3 is 2.24 bits per heavy atom. The fourth-order valence-electron chi connectivity index (χ4n) is 1.54. The summed E-state index contributed by atoms with van der Waals surface area (Å²) in [6.07, 6.45) is 0. The third-order valence-corrected chi connectivity index (χ3v) is 3.91. The summed E-state index contributed by atoms with van der Waals surface area (Å²) in [4.78, 5) is -0.401. The van der Waals surface area contributed by atoms with Crippen LogP contribution in [0.15, 0.2) is 41.3 Å². The van der Waals surface area contributed by atoms with Crippen molar-refractivity contribution in [1.82, 2.24) is 0 Å². The summed E-state index contributed by atoms with van der Waals surface area (Å²) in [6, 6.07) is 6.01. The lowest BCUT2D eigenvalue weighted by atomic mass is 10.2. The number of halogens is 4. The first-order valence-electron chi connectivity index (χ1n) is 5.58. The van der Waals surface area contributed by atoms with E-state index in [1.807, 2.05) is 0 Å². The van der Waals surface area contributed by atoms with Crippen LogP contribution >= 0.6 is 10.7 Å². The number of benzene rings is 2. The Morgan fingerprint density at radius 2 is 1.67 bits per heavy atom. The predicted octanol–water partition coefficient (Wildman–Crippen LogP) is 3.61. The molecule has 0 atom stereocenters. The van der Waals surface area contributed by atoms with E-state index in [1.54, 1.807) is 0 Å². The molecule has 0 bridgehead atoms. The Hall–Kier alpha value is -1.73. The molecule has 0 saturated heterocycles. The quantitative estimate of drug-likeness (QED) is 0.801. The van der Waals surface area contributed by atoms with E-state index in [0.29, 0.717) is 11.6 Å². The summed E-state index contributed by atoms with van der Waals surface area (Å²) in [5.41, 5.74) is 0.294. The van der Waals surface area contributed by atoms with Crippen LogP contribution in [0.3, 0.4) is 0 Å². The molecule has 0 radical (unpaired) electrons. The first-order chi connectivity index (χ1) is 9.77. The Balaban J connectivity index is 2.15. The zero-order valence-corrected chi connectivity index (χ0v) is 11.9. The van der Waals surface area contributed by atoms with Crippen LogP contribution in [0.5, 0.6) is 5.75 Å². The lowest BCUT2D eigenvalue weighted by Crippen LogP contribution is -2.00. The highest BCUT2D eigenvalue weighted by molar-refractivity contribution is 8.13. The molecule has 3 nitrogen and oxygen atoms in total. The third-order valence-electron chi connectivity index (χ3n) is 2.56. The molecule has 2 aromatic rings. The maximum atomic E-state index is 13.6. The van der Waals surface area contributed by atoms with E-state index in [-0.39, 0.29) is 12.4 Å². The fraction of sp³-hybridized carbons (Fsp3) is 0.0769. The Labute approximate surface area is 123 Å². The lowest BCUT2D eigenvalue weighted by Gasteiger charge is -2.08. The van der Waals surface area contributed by atoms with Crippen molar-refractivity contribution in [3.8, 4) is 5.75 Å². The Kier molecular flexibility index (Phi) is 4.43. The average Bonchev–Trinajstić information content (AvgIpc) is 2.40. The molecule has 0 aromatic heterocycles. The number of ether oxygens (including phenoxy) is 1. The normalized spacial score (nSPS) is 11.4. The predicted molar refractivity (Wildman–Crippen MR) is 70.1 cm³/mol. The summed E-state index contributed by atoms with van der Waals surface area (Å²) in [5.74, 6) is -3.20. The summed E-state index contributed by atoms with van der Waals surface area (Å²) in [6.45, 7) is -0.207. The van der Waals surface area contributed by atoms with Crippen molar-refractivity contribution in [1.29, 1.82) is 0 Å². The highest BCUT2D eigenvalue weighted by Crippen LogP contribution is 2.24. The van der Waals surface area contributed by atoms with Gasteiger partial charge in [-0.05, 0) is 35.9 Å². The van der Waals surface area contributed by atoms with Gasteiger partial charge in [-0.15, -0.1) is 0 Å². The summed E-state index contributed by atoms with van der Waals surface area (Å²) >= 11 is 0. The van der Waals surface area contributed by atoms with Crippen LogP contribution in [-0.4, -0.2) is 8.42 Å². The molecule has 0 aliphatic heterocycles. The van der Waals surface area contributed by atoms with Gasteiger partial charge in [-0.3, -0.25) is 0 Å². The molecule has 0 heterocycles. The second kappa shape index (κ2) is 5.95. The van der Waals surface area contributed by atoms with Crippen molar-refractivity contribution in [2.75, 3.05) is 0 Å². The Morgan fingerprint density at radius 1 is 0.952 bits per heavy atom. The van der Waals surface area contributed by atoms with Crippen molar-refractivity contribution in [2.45, 2.75) is 11.5 Å². The van der Waals surface area contributed by atoms with Gasteiger partial charge < -0.3 is 4.74 Å². The minimum Gasteiger partial charge on any atom is -0.486 e. The highest BCUT2D eigenvalue weighted by atomic mass is 35.7. The van der Waals surface area contributed by atoms with Crippen LogP contribution in [0, 0.1) is 17.5 Å². The summed E-state index contributed by atoms with van der Waals surface area (Å²) < 4.78 is 66.5. The van der Waals surface area contributed by atoms with Gasteiger partial charge >= 0.3 is 0 Å². The van der Waals surface area contributed by atoms with Gasteiger partial charge in [-0.1, -0.05) is 6.07 Å². The van der Waals surface area contributed by atoms with Crippen LogP contribution in [0.4, 0.5) is 13.2 Å². The summed E-state index contributed by atoms with van der Waals surface area (Å²) in [7, 11) is 1.04. The van der Waals surface area contributed by atoms with Gasteiger partial charge in [-0.25, -0.2) is 21.6 Å². The largest absolute Gasteiger partial charge is 0.486 e. The molecule has 0 unspecified atom stereocenters. The van der Waals surface area contributed by atoms with Gasteiger partial charge in [0, 0.05) is 10.7 Å².